The lowest BCUT2D eigenvalue weighted by Crippen LogP contribution is -2.60. The Bertz CT molecular complexity index is 1480. The van der Waals surface area contributed by atoms with Crippen LogP contribution in [0.2, 0.25) is 0 Å². The molecule has 0 spiro atoms. The molecule has 0 bridgehead atoms. The number of carbonyl (C=O) groups excluding carboxylic acids is 4. The lowest BCUT2D eigenvalue weighted by atomic mass is 9.91. The smallest absolute Gasteiger partial charge is 0.408 e. The Morgan fingerprint density at radius 2 is 1.17 bits per heavy atom. The average molecular weight is 757 g/mol. The first kappa shape index (κ1) is 43.7. The fraction of sp³-hybridized carbons (Fsp3) is 0.600. The molecule has 5 N–H and O–H groups in total. The fourth-order valence-electron chi connectivity index (χ4n) is 6.41. The van der Waals surface area contributed by atoms with Gasteiger partial charge in [-0.2, -0.15) is 0 Å². The Labute approximate surface area is 315 Å². The summed E-state index contributed by atoms with van der Waals surface area (Å²) in [6, 6.07) is 15.7. The number of amides is 4. The van der Waals surface area contributed by atoms with Gasteiger partial charge in [-0.05, 0) is 47.6 Å². The van der Waals surface area contributed by atoms with Gasteiger partial charge in [-0.1, -0.05) is 121 Å². The van der Waals surface area contributed by atoms with E-state index in [1.165, 1.54) is 6.42 Å². The molecule has 0 radical (unpaired) electrons. The Morgan fingerprint density at radius 3 is 1.68 bits per heavy atom. The van der Waals surface area contributed by atoms with Crippen LogP contribution in [0.25, 0.3) is 0 Å². The summed E-state index contributed by atoms with van der Waals surface area (Å²) in [6.45, 7) is 10.7. The van der Waals surface area contributed by atoms with Crippen LogP contribution >= 0.6 is 7.37 Å². The monoisotopic (exact) mass is 756 g/mol. The van der Waals surface area contributed by atoms with Gasteiger partial charge in [-0.25, -0.2) is 4.79 Å². The van der Waals surface area contributed by atoms with Gasteiger partial charge in [0.15, 0.2) is 0 Å². The molecule has 5 unspecified atom stereocenters. The molecule has 4 amide bonds. The number of benzene rings is 2. The van der Waals surface area contributed by atoms with E-state index in [-0.39, 0.29) is 49.6 Å². The van der Waals surface area contributed by atoms with E-state index in [1.807, 2.05) is 60.7 Å². The molecule has 294 valence electrons. The first-order valence-electron chi connectivity index (χ1n) is 19.0. The lowest BCUT2D eigenvalue weighted by Gasteiger charge is -2.30. The van der Waals surface area contributed by atoms with Crippen molar-refractivity contribution in [2.45, 2.75) is 111 Å². The number of hydrogen-bond acceptors (Lipinski definition) is 8. The highest BCUT2D eigenvalue weighted by atomic mass is 31.2. The maximum atomic E-state index is 14.1. The van der Waals surface area contributed by atoms with Crippen LogP contribution in [0.1, 0.15) is 84.8 Å². The van der Waals surface area contributed by atoms with Crippen LogP contribution < -0.4 is 21.3 Å². The molecule has 0 heterocycles. The highest BCUT2D eigenvalue weighted by Crippen LogP contribution is 2.51. The zero-order valence-electron chi connectivity index (χ0n) is 32.2. The zero-order chi connectivity index (χ0) is 39.0. The number of nitrogens with one attached hydrogen (secondary N) is 4. The summed E-state index contributed by atoms with van der Waals surface area (Å²) in [5.41, 5.74) is 1.69. The van der Waals surface area contributed by atoms with Gasteiger partial charge >= 0.3 is 6.09 Å². The Kier molecular flexibility index (Phi) is 18.0. The zero-order valence-corrected chi connectivity index (χ0v) is 33.1. The standard InChI is InChI=1S/C40H61N4O8P/c1-27(2)34(37(46)41-22-33(45)26-53(50,25-32-20-14-9-15-21-32)52-24-31-18-12-8-13-19-31)42-38(47)35(28(3)4)43-39(48)36(29(5)6)44-40(49)51-23-30-16-10-7-11-17-30/h7-8,10-13,16-19,27-29,32-36,45H,9,14-15,20-26H2,1-6H3,(H,41,46)(H,42,47)(H,43,48)(H,44,49). The molecule has 0 saturated heterocycles. The Hall–Kier alpha value is -3.73. The van der Waals surface area contributed by atoms with Crippen LogP contribution in [-0.2, 0) is 41.4 Å². The van der Waals surface area contributed by atoms with Crippen molar-refractivity contribution in [2.24, 2.45) is 23.7 Å². The summed E-state index contributed by atoms with van der Waals surface area (Å²) in [5.74, 6) is -2.40. The SMILES string of the molecule is CC(C)C(NC(=O)OCc1ccccc1)C(=O)NC(C(=O)NC(C(=O)NCC(O)CP(=O)(CC1CCCCC1)OCc1ccccc1)C(C)C)C(C)C. The van der Waals surface area contributed by atoms with Gasteiger partial charge < -0.3 is 35.6 Å². The molecule has 3 rings (SSSR count). The molecule has 1 aliphatic rings. The first-order valence-corrected chi connectivity index (χ1v) is 21.0. The fourth-order valence-corrected chi connectivity index (χ4v) is 9.07. The molecule has 1 saturated carbocycles. The lowest BCUT2D eigenvalue weighted by molar-refractivity contribution is -0.134. The van der Waals surface area contributed by atoms with E-state index < -0.39 is 55.4 Å². The van der Waals surface area contributed by atoms with Crippen molar-refractivity contribution in [1.29, 1.82) is 0 Å². The molecule has 2 aromatic rings. The minimum atomic E-state index is -3.26. The summed E-state index contributed by atoms with van der Waals surface area (Å²) in [7, 11) is -3.26. The van der Waals surface area contributed by atoms with Crippen LogP contribution in [0.15, 0.2) is 60.7 Å². The van der Waals surface area contributed by atoms with Gasteiger partial charge in [-0.15, -0.1) is 0 Å². The van der Waals surface area contributed by atoms with Crippen molar-refractivity contribution in [1.82, 2.24) is 21.3 Å². The second-order valence-electron chi connectivity index (χ2n) is 15.2. The van der Waals surface area contributed by atoms with E-state index >= 15 is 0 Å². The van der Waals surface area contributed by atoms with Gasteiger partial charge in [-0.3, -0.25) is 18.9 Å². The van der Waals surface area contributed by atoms with Gasteiger partial charge in [0.05, 0.1) is 18.9 Å². The molecule has 0 aromatic heterocycles. The van der Waals surface area contributed by atoms with E-state index in [9.17, 15) is 28.8 Å². The number of hydrogen-bond donors (Lipinski definition) is 5. The second kappa shape index (κ2) is 21.8. The Balaban J connectivity index is 1.59. The Morgan fingerprint density at radius 1 is 0.698 bits per heavy atom. The molecule has 0 aliphatic heterocycles. The molecular weight excluding hydrogens is 695 g/mol. The summed E-state index contributed by atoms with van der Waals surface area (Å²) < 4.78 is 25.5. The van der Waals surface area contributed by atoms with E-state index in [1.54, 1.807) is 41.5 Å². The first-order chi connectivity index (χ1) is 25.2. The predicted molar refractivity (Wildman–Crippen MR) is 206 cm³/mol. The quantitative estimate of drug-likeness (QED) is 0.106. The van der Waals surface area contributed by atoms with E-state index in [0.717, 1.165) is 36.8 Å². The molecule has 53 heavy (non-hydrogen) atoms. The van der Waals surface area contributed by atoms with E-state index in [4.69, 9.17) is 9.26 Å². The number of aliphatic hydroxyl groups excluding tert-OH is 1. The van der Waals surface area contributed by atoms with Crippen LogP contribution in [0.5, 0.6) is 0 Å². The van der Waals surface area contributed by atoms with Crippen LogP contribution in [0.4, 0.5) is 4.79 Å². The molecule has 12 nitrogen and oxygen atoms in total. The predicted octanol–water partition coefficient (Wildman–Crippen LogP) is 5.77. The van der Waals surface area contributed by atoms with Crippen molar-refractivity contribution in [3.8, 4) is 0 Å². The van der Waals surface area contributed by atoms with Crippen molar-refractivity contribution in [3.05, 3.63) is 71.8 Å². The highest BCUT2D eigenvalue weighted by molar-refractivity contribution is 7.59. The summed E-state index contributed by atoms with van der Waals surface area (Å²) in [4.78, 5) is 53.0. The summed E-state index contributed by atoms with van der Waals surface area (Å²) >= 11 is 0. The molecule has 13 heteroatoms. The number of carbonyl (C=O) groups is 4. The van der Waals surface area contributed by atoms with E-state index in [0.29, 0.717) is 6.16 Å². The third-order valence-electron chi connectivity index (χ3n) is 9.50. The molecule has 1 aliphatic carbocycles. The summed E-state index contributed by atoms with van der Waals surface area (Å²) in [6.07, 6.45) is 3.70. The normalized spacial score (nSPS) is 16.9. The van der Waals surface area contributed by atoms with Gasteiger partial charge in [0.25, 0.3) is 0 Å². The summed E-state index contributed by atoms with van der Waals surface area (Å²) in [5, 5.41) is 21.9. The molecular formula is C40H61N4O8P. The van der Waals surface area contributed by atoms with Crippen LogP contribution in [-0.4, -0.2) is 72.0 Å². The maximum Gasteiger partial charge on any atom is 0.408 e. The topological polar surface area (TPSA) is 172 Å². The molecule has 5 atom stereocenters. The van der Waals surface area contributed by atoms with Crippen molar-refractivity contribution in [3.63, 3.8) is 0 Å². The minimum absolute atomic E-state index is 0.0353. The van der Waals surface area contributed by atoms with Crippen LogP contribution in [0, 0.1) is 23.7 Å². The number of alkyl carbamates (subject to hydrolysis) is 1. The molecule has 2 aromatic carbocycles. The maximum absolute atomic E-state index is 14.1. The number of rotatable bonds is 20. The second-order valence-corrected chi connectivity index (χ2v) is 17.8. The third-order valence-corrected chi connectivity index (χ3v) is 12.2. The number of aliphatic hydroxyl groups is 1. The van der Waals surface area contributed by atoms with Gasteiger partial charge in [0.2, 0.25) is 25.1 Å². The minimum Gasteiger partial charge on any atom is -0.445 e. The van der Waals surface area contributed by atoms with Crippen molar-refractivity contribution >= 4 is 31.2 Å². The van der Waals surface area contributed by atoms with Crippen molar-refractivity contribution in [2.75, 3.05) is 18.9 Å². The van der Waals surface area contributed by atoms with E-state index in [2.05, 4.69) is 21.3 Å². The van der Waals surface area contributed by atoms with Crippen LogP contribution in [0.3, 0.4) is 0 Å². The average Bonchev–Trinajstić information content (AvgIpc) is 3.13. The van der Waals surface area contributed by atoms with Crippen molar-refractivity contribution < 1.29 is 38.1 Å². The molecule has 1 fully saturated rings. The number of ether oxygens (including phenoxy) is 1. The van der Waals surface area contributed by atoms with Gasteiger partial charge in [0.1, 0.15) is 24.7 Å². The largest absolute Gasteiger partial charge is 0.445 e. The third kappa shape index (κ3) is 15.3. The highest BCUT2D eigenvalue weighted by Gasteiger charge is 2.35. The van der Waals surface area contributed by atoms with Gasteiger partial charge in [0, 0.05) is 12.7 Å².